The molecule has 0 aliphatic carbocycles. The Bertz CT molecular complexity index is 337. The number of carbonyl (C=O) groups excluding carboxylic acids is 1. The first-order valence-electron chi connectivity index (χ1n) is 4.59. The zero-order chi connectivity index (χ0) is 11.3. The van der Waals surface area contributed by atoms with Crippen LogP contribution in [-0.2, 0) is 11.3 Å². The highest BCUT2D eigenvalue weighted by atomic mass is 32.1. The third-order valence-electron chi connectivity index (χ3n) is 2.00. The molecule has 0 aromatic carbocycles. The third kappa shape index (κ3) is 3.56. The van der Waals surface area contributed by atoms with Gasteiger partial charge in [0.15, 0.2) is 0 Å². The SMILES string of the molecule is CCC(C(=O)NCc1cscn1)C(N)=S. The highest BCUT2D eigenvalue weighted by Crippen LogP contribution is 2.04. The van der Waals surface area contributed by atoms with Crippen LogP contribution >= 0.6 is 23.6 Å². The fourth-order valence-electron chi connectivity index (χ4n) is 1.14. The summed E-state index contributed by atoms with van der Waals surface area (Å²) >= 11 is 6.31. The van der Waals surface area contributed by atoms with Crippen LogP contribution in [0.5, 0.6) is 0 Å². The topological polar surface area (TPSA) is 68.0 Å². The van der Waals surface area contributed by atoms with Gasteiger partial charge in [-0.05, 0) is 6.42 Å². The number of thiazole rings is 1. The number of nitrogens with two attached hydrogens (primary N) is 1. The largest absolute Gasteiger partial charge is 0.393 e. The minimum Gasteiger partial charge on any atom is -0.393 e. The monoisotopic (exact) mass is 243 g/mol. The molecule has 1 unspecified atom stereocenters. The average Bonchev–Trinajstić information content (AvgIpc) is 2.67. The molecule has 1 aromatic heterocycles. The Labute approximate surface area is 97.9 Å². The van der Waals surface area contributed by atoms with Crippen molar-refractivity contribution < 1.29 is 4.79 Å². The van der Waals surface area contributed by atoms with Gasteiger partial charge in [0.25, 0.3) is 0 Å². The molecule has 0 spiro atoms. The molecule has 0 aliphatic heterocycles. The second-order valence-electron chi connectivity index (χ2n) is 3.06. The summed E-state index contributed by atoms with van der Waals surface area (Å²) in [6.45, 7) is 2.31. The van der Waals surface area contributed by atoms with Crippen molar-refractivity contribution in [3.05, 3.63) is 16.6 Å². The molecule has 82 valence electrons. The summed E-state index contributed by atoms with van der Waals surface area (Å²) in [6, 6.07) is 0. The Morgan fingerprint density at radius 3 is 3.00 bits per heavy atom. The lowest BCUT2D eigenvalue weighted by atomic mass is 10.1. The van der Waals surface area contributed by atoms with Gasteiger partial charge in [0, 0.05) is 5.38 Å². The van der Waals surface area contributed by atoms with E-state index < -0.39 is 0 Å². The number of hydrogen-bond donors (Lipinski definition) is 2. The van der Waals surface area contributed by atoms with Crippen LogP contribution in [0.4, 0.5) is 0 Å². The Kier molecular flexibility index (Phi) is 4.64. The first kappa shape index (κ1) is 12.1. The molecule has 15 heavy (non-hydrogen) atoms. The maximum Gasteiger partial charge on any atom is 0.230 e. The number of hydrogen-bond acceptors (Lipinski definition) is 4. The van der Waals surface area contributed by atoms with Crippen molar-refractivity contribution in [2.45, 2.75) is 19.9 Å². The number of carbonyl (C=O) groups is 1. The molecular weight excluding hydrogens is 230 g/mol. The molecule has 0 radical (unpaired) electrons. The fraction of sp³-hybridized carbons (Fsp3) is 0.444. The summed E-state index contributed by atoms with van der Waals surface area (Å²) in [4.78, 5) is 15.9. The Hall–Kier alpha value is -1.01. The van der Waals surface area contributed by atoms with Crippen molar-refractivity contribution in [1.82, 2.24) is 10.3 Å². The molecule has 3 N–H and O–H groups in total. The fourth-order valence-corrected chi connectivity index (χ4v) is 1.97. The van der Waals surface area contributed by atoms with Gasteiger partial charge in [-0.1, -0.05) is 19.1 Å². The normalized spacial score (nSPS) is 12.1. The van der Waals surface area contributed by atoms with E-state index in [4.69, 9.17) is 18.0 Å². The summed E-state index contributed by atoms with van der Waals surface area (Å²) in [5.74, 6) is -0.503. The Morgan fingerprint density at radius 2 is 2.53 bits per heavy atom. The molecule has 4 nitrogen and oxygen atoms in total. The molecule has 0 fully saturated rings. The zero-order valence-electron chi connectivity index (χ0n) is 8.40. The van der Waals surface area contributed by atoms with E-state index in [1.807, 2.05) is 12.3 Å². The zero-order valence-corrected chi connectivity index (χ0v) is 10.0. The lowest BCUT2D eigenvalue weighted by molar-refractivity contribution is -0.123. The van der Waals surface area contributed by atoms with Crippen LogP contribution in [-0.4, -0.2) is 15.9 Å². The summed E-state index contributed by atoms with van der Waals surface area (Å²) in [5, 5.41) is 4.65. The van der Waals surface area contributed by atoms with E-state index in [0.29, 0.717) is 13.0 Å². The average molecular weight is 243 g/mol. The van der Waals surface area contributed by atoms with E-state index >= 15 is 0 Å². The van der Waals surface area contributed by atoms with Gasteiger partial charge in [-0.25, -0.2) is 4.98 Å². The van der Waals surface area contributed by atoms with Gasteiger partial charge >= 0.3 is 0 Å². The van der Waals surface area contributed by atoms with Gasteiger partial charge in [0.2, 0.25) is 5.91 Å². The highest BCUT2D eigenvalue weighted by molar-refractivity contribution is 7.80. The number of thiocarbonyl (C=S) groups is 1. The molecule has 1 heterocycles. The molecule has 6 heteroatoms. The standard InChI is InChI=1S/C9H13N3OS2/c1-2-7(8(10)14)9(13)11-3-6-4-15-5-12-6/h4-5,7H,2-3H2,1H3,(H2,10,14)(H,11,13). The number of rotatable bonds is 5. The number of amides is 1. The summed E-state index contributed by atoms with van der Waals surface area (Å²) in [7, 11) is 0. The van der Waals surface area contributed by atoms with Gasteiger partial charge in [-0.15, -0.1) is 11.3 Å². The molecule has 1 atom stereocenters. The van der Waals surface area contributed by atoms with Crippen LogP contribution in [0.1, 0.15) is 19.0 Å². The smallest absolute Gasteiger partial charge is 0.230 e. The molecule has 1 rings (SSSR count). The van der Waals surface area contributed by atoms with E-state index in [-0.39, 0.29) is 16.8 Å². The van der Waals surface area contributed by atoms with Gasteiger partial charge in [0.05, 0.1) is 28.7 Å². The van der Waals surface area contributed by atoms with E-state index in [1.165, 1.54) is 11.3 Å². The van der Waals surface area contributed by atoms with Gasteiger partial charge < -0.3 is 11.1 Å². The van der Waals surface area contributed by atoms with Gasteiger partial charge in [-0.3, -0.25) is 4.79 Å². The minimum absolute atomic E-state index is 0.127. The second-order valence-corrected chi connectivity index (χ2v) is 4.25. The molecule has 0 bridgehead atoms. The molecule has 0 aliphatic rings. The van der Waals surface area contributed by atoms with Gasteiger partial charge in [0.1, 0.15) is 0 Å². The van der Waals surface area contributed by atoms with Crippen LogP contribution in [0.3, 0.4) is 0 Å². The van der Waals surface area contributed by atoms with Gasteiger partial charge in [-0.2, -0.15) is 0 Å². The second kappa shape index (κ2) is 5.77. The maximum absolute atomic E-state index is 11.6. The van der Waals surface area contributed by atoms with Crippen LogP contribution in [0, 0.1) is 5.92 Å². The summed E-state index contributed by atoms with van der Waals surface area (Å²) in [5.41, 5.74) is 8.04. The van der Waals surface area contributed by atoms with Crippen LogP contribution in [0.2, 0.25) is 0 Å². The maximum atomic E-state index is 11.6. The Morgan fingerprint density at radius 1 is 1.80 bits per heavy atom. The number of nitrogens with one attached hydrogen (secondary N) is 1. The van der Waals surface area contributed by atoms with E-state index in [2.05, 4.69) is 10.3 Å². The summed E-state index contributed by atoms with van der Waals surface area (Å²) < 4.78 is 0. The molecule has 1 amide bonds. The predicted molar refractivity (Wildman–Crippen MR) is 64.5 cm³/mol. The number of aromatic nitrogens is 1. The lowest BCUT2D eigenvalue weighted by Gasteiger charge is -2.12. The van der Waals surface area contributed by atoms with Crippen molar-refractivity contribution in [2.24, 2.45) is 11.7 Å². The van der Waals surface area contributed by atoms with Crippen molar-refractivity contribution in [1.29, 1.82) is 0 Å². The molecule has 0 saturated heterocycles. The van der Waals surface area contributed by atoms with E-state index in [1.54, 1.807) is 5.51 Å². The first-order chi connectivity index (χ1) is 7.15. The third-order valence-corrected chi connectivity index (χ3v) is 2.92. The predicted octanol–water partition coefficient (Wildman–Crippen LogP) is 1.07. The van der Waals surface area contributed by atoms with E-state index in [0.717, 1.165) is 5.69 Å². The minimum atomic E-state index is -0.376. The van der Waals surface area contributed by atoms with Crippen LogP contribution in [0.15, 0.2) is 10.9 Å². The van der Waals surface area contributed by atoms with Crippen LogP contribution < -0.4 is 11.1 Å². The number of nitrogens with zero attached hydrogens (tertiary/aromatic N) is 1. The van der Waals surface area contributed by atoms with E-state index in [9.17, 15) is 4.79 Å². The first-order valence-corrected chi connectivity index (χ1v) is 5.94. The quantitative estimate of drug-likeness (QED) is 0.759. The molecule has 0 saturated carbocycles. The highest BCUT2D eigenvalue weighted by Gasteiger charge is 2.18. The molecule has 1 aromatic rings. The summed E-state index contributed by atoms with van der Waals surface area (Å²) in [6.07, 6.45) is 0.623. The Balaban J connectivity index is 2.44. The lowest BCUT2D eigenvalue weighted by Crippen LogP contribution is -2.37. The van der Waals surface area contributed by atoms with Crippen molar-refractivity contribution in [3.63, 3.8) is 0 Å². The molecular formula is C9H13N3OS2. The van der Waals surface area contributed by atoms with Crippen molar-refractivity contribution in [2.75, 3.05) is 0 Å². The van der Waals surface area contributed by atoms with Crippen LogP contribution in [0.25, 0.3) is 0 Å². The van der Waals surface area contributed by atoms with Crippen molar-refractivity contribution in [3.8, 4) is 0 Å². The van der Waals surface area contributed by atoms with Crippen molar-refractivity contribution >= 4 is 34.5 Å².